The number of hydrogen-bond donors (Lipinski definition) is 1. The third-order valence-electron chi connectivity index (χ3n) is 5.99. The van der Waals surface area contributed by atoms with Crippen molar-refractivity contribution in [1.29, 1.82) is 0 Å². The maximum absolute atomic E-state index is 12.5. The smallest absolute Gasteiger partial charge is 0.311 e. The number of nitrogens with one attached hydrogen (secondary N) is 1. The lowest BCUT2D eigenvalue weighted by molar-refractivity contribution is -0.151. The highest BCUT2D eigenvalue weighted by Gasteiger charge is 2.36. The molecule has 3 aromatic rings. The van der Waals surface area contributed by atoms with Gasteiger partial charge in [-0.15, -0.1) is 0 Å². The lowest BCUT2D eigenvalue weighted by atomic mass is 10.1. The van der Waals surface area contributed by atoms with E-state index < -0.39 is 24.4 Å². The second kappa shape index (κ2) is 12.0. The minimum atomic E-state index is -0.598. The van der Waals surface area contributed by atoms with Gasteiger partial charge in [-0.05, 0) is 66.9 Å². The number of hydrogen-bond acceptors (Lipinski definition) is 5. The predicted octanol–water partition coefficient (Wildman–Crippen LogP) is 5.36. The molecule has 3 aromatic carbocycles. The van der Waals surface area contributed by atoms with Crippen LogP contribution < -0.4 is 15.0 Å². The maximum Gasteiger partial charge on any atom is 0.311 e. The Morgan fingerprint density at radius 2 is 1.64 bits per heavy atom. The number of anilines is 2. The number of aryl methyl sites for hydroxylation is 1. The molecule has 1 aliphatic heterocycles. The van der Waals surface area contributed by atoms with E-state index in [1.807, 2.05) is 54.6 Å². The second-order valence-corrected chi connectivity index (χ2v) is 8.77. The van der Waals surface area contributed by atoms with Crippen LogP contribution in [0.15, 0.2) is 78.9 Å². The van der Waals surface area contributed by atoms with Crippen molar-refractivity contribution in [2.45, 2.75) is 32.6 Å². The molecule has 186 valence electrons. The number of esters is 1. The Labute approximate surface area is 211 Å². The summed E-state index contributed by atoms with van der Waals surface area (Å²) in [6, 6.07) is 24.2. The van der Waals surface area contributed by atoms with Gasteiger partial charge in [0.25, 0.3) is 5.91 Å². The van der Waals surface area contributed by atoms with E-state index in [-0.39, 0.29) is 18.9 Å². The van der Waals surface area contributed by atoms with E-state index in [1.54, 1.807) is 29.2 Å². The molecule has 0 saturated carbocycles. The number of amides is 2. The van der Waals surface area contributed by atoms with Gasteiger partial charge in [0, 0.05) is 24.3 Å². The summed E-state index contributed by atoms with van der Waals surface area (Å²) in [6.07, 6.45) is 3.33. The van der Waals surface area contributed by atoms with Crippen LogP contribution in [0.5, 0.6) is 11.5 Å². The molecule has 1 aliphatic rings. The zero-order valence-corrected chi connectivity index (χ0v) is 20.3. The summed E-state index contributed by atoms with van der Waals surface area (Å²) in [5.41, 5.74) is 2.56. The molecule has 7 heteroatoms. The van der Waals surface area contributed by atoms with Crippen molar-refractivity contribution < 1.29 is 23.9 Å². The van der Waals surface area contributed by atoms with Gasteiger partial charge in [-0.3, -0.25) is 14.4 Å². The molecule has 1 N–H and O–H groups in total. The Morgan fingerprint density at radius 1 is 0.944 bits per heavy atom. The summed E-state index contributed by atoms with van der Waals surface area (Å²) < 4.78 is 10.9. The Bertz CT molecular complexity index is 1180. The van der Waals surface area contributed by atoms with Crippen molar-refractivity contribution in [3.8, 4) is 11.5 Å². The summed E-state index contributed by atoms with van der Waals surface area (Å²) in [5, 5.41) is 2.69. The SMILES string of the molecule is CCCCc1ccc(N2C[C@H](C(=O)OCC(=O)Nc3ccc(Oc4ccccc4)cc3)CC2=O)cc1. The minimum Gasteiger partial charge on any atom is -0.457 e. The summed E-state index contributed by atoms with van der Waals surface area (Å²) >= 11 is 0. The molecule has 1 heterocycles. The number of carbonyl (C=O) groups excluding carboxylic acids is 3. The first-order chi connectivity index (χ1) is 17.5. The molecule has 1 fully saturated rings. The Kier molecular flexibility index (Phi) is 8.34. The summed E-state index contributed by atoms with van der Waals surface area (Å²) in [6.45, 7) is 1.98. The van der Waals surface area contributed by atoms with Crippen molar-refractivity contribution in [2.75, 3.05) is 23.4 Å². The second-order valence-electron chi connectivity index (χ2n) is 8.77. The molecule has 0 aromatic heterocycles. The predicted molar refractivity (Wildman–Crippen MR) is 138 cm³/mol. The summed E-state index contributed by atoms with van der Waals surface area (Å²) in [5.74, 6) is -0.373. The molecule has 7 nitrogen and oxygen atoms in total. The molecule has 36 heavy (non-hydrogen) atoms. The standard InChI is InChI=1S/C29H30N2O5/c1-2-3-7-21-10-14-24(15-11-21)31-19-22(18-28(31)33)29(34)35-20-27(32)30-23-12-16-26(17-13-23)36-25-8-5-4-6-9-25/h4-6,8-17,22H,2-3,7,18-20H2,1H3,(H,30,32)/t22-/m1/s1. The zero-order valence-electron chi connectivity index (χ0n) is 20.3. The minimum absolute atomic E-state index is 0.0704. The van der Waals surface area contributed by atoms with E-state index in [2.05, 4.69) is 12.2 Å². The third-order valence-corrected chi connectivity index (χ3v) is 5.99. The number of para-hydroxylation sites is 1. The Balaban J connectivity index is 1.23. The van der Waals surface area contributed by atoms with Gasteiger partial charge in [-0.2, -0.15) is 0 Å². The van der Waals surface area contributed by atoms with E-state index in [0.29, 0.717) is 17.2 Å². The molecule has 0 aliphatic carbocycles. The normalized spacial score (nSPS) is 15.0. The van der Waals surface area contributed by atoms with Crippen LogP contribution in [-0.4, -0.2) is 30.9 Å². The van der Waals surface area contributed by atoms with Crippen LogP contribution >= 0.6 is 0 Å². The zero-order chi connectivity index (χ0) is 25.3. The van der Waals surface area contributed by atoms with Crippen LogP contribution in [0.2, 0.25) is 0 Å². The van der Waals surface area contributed by atoms with E-state index in [1.165, 1.54) is 5.56 Å². The molecule has 4 rings (SSSR count). The highest BCUT2D eigenvalue weighted by atomic mass is 16.5. The molecule has 0 spiro atoms. The average molecular weight is 487 g/mol. The van der Waals surface area contributed by atoms with Gasteiger partial charge in [-0.1, -0.05) is 43.7 Å². The van der Waals surface area contributed by atoms with Crippen molar-refractivity contribution in [1.82, 2.24) is 0 Å². The van der Waals surface area contributed by atoms with Crippen molar-refractivity contribution in [3.05, 3.63) is 84.4 Å². The van der Waals surface area contributed by atoms with Crippen LogP contribution in [0.3, 0.4) is 0 Å². The van der Waals surface area contributed by atoms with Crippen molar-refractivity contribution in [3.63, 3.8) is 0 Å². The van der Waals surface area contributed by atoms with Gasteiger partial charge in [0.15, 0.2) is 6.61 Å². The van der Waals surface area contributed by atoms with Crippen molar-refractivity contribution >= 4 is 29.2 Å². The fourth-order valence-corrected chi connectivity index (χ4v) is 4.02. The van der Waals surface area contributed by atoms with Crippen LogP contribution in [0, 0.1) is 5.92 Å². The number of rotatable bonds is 10. The molecule has 1 atom stereocenters. The molecule has 0 unspecified atom stereocenters. The van der Waals surface area contributed by atoms with Gasteiger partial charge in [0.2, 0.25) is 5.91 Å². The van der Waals surface area contributed by atoms with E-state index in [9.17, 15) is 14.4 Å². The summed E-state index contributed by atoms with van der Waals surface area (Å²) in [4.78, 5) is 38.9. The van der Waals surface area contributed by atoms with Crippen LogP contribution in [0.25, 0.3) is 0 Å². The number of carbonyl (C=O) groups is 3. The van der Waals surface area contributed by atoms with Crippen LogP contribution in [-0.2, 0) is 25.5 Å². The third kappa shape index (κ3) is 6.72. The lowest BCUT2D eigenvalue weighted by Gasteiger charge is -2.17. The van der Waals surface area contributed by atoms with E-state index in [0.717, 1.165) is 24.9 Å². The highest BCUT2D eigenvalue weighted by molar-refractivity contribution is 6.00. The molecular weight excluding hydrogens is 456 g/mol. The first kappa shape index (κ1) is 25.0. The molecular formula is C29H30N2O5. The summed E-state index contributed by atoms with van der Waals surface area (Å²) in [7, 11) is 0. The Hall–Kier alpha value is -4.13. The molecule has 0 bridgehead atoms. The van der Waals surface area contributed by atoms with Gasteiger partial charge in [0.05, 0.1) is 5.92 Å². The maximum atomic E-state index is 12.5. The number of benzene rings is 3. The van der Waals surface area contributed by atoms with E-state index >= 15 is 0 Å². The first-order valence-corrected chi connectivity index (χ1v) is 12.2. The monoisotopic (exact) mass is 486 g/mol. The Morgan fingerprint density at radius 3 is 2.33 bits per heavy atom. The lowest BCUT2D eigenvalue weighted by Crippen LogP contribution is -2.28. The average Bonchev–Trinajstić information content (AvgIpc) is 3.29. The number of unbranched alkanes of at least 4 members (excludes halogenated alkanes) is 1. The molecule has 1 saturated heterocycles. The van der Waals surface area contributed by atoms with Gasteiger partial charge in [0.1, 0.15) is 11.5 Å². The van der Waals surface area contributed by atoms with Crippen LogP contribution in [0.1, 0.15) is 31.7 Å². The fourth-order valence-electron chi connectivity index (χ4n) is 4.02. The molecule has 2 amide bonds. The van der Waals surface area contributed by atoms with E-state index in [4.69, 9.17) is 9.47 Å². The number of nitrogens with zero attached hydrogens (tertiary/aromatic N) is 1. The quantitative estimate of drug-likeness (QED) is 0.390. The van der Waals surface area contributed by atoms with Crippen molar-refractivity contribution in [2.24, 2.45) is 5.92 Å². The largest absolute Gasteiger partial charge is 0.457 e. The van der Waals surface area contributed by atoms with Gasteiger partial charge in [-0.25, -0.2) is 0 Å². The number of ether oxygens (including phenoxy) is 2. The molecule has 0 radical (unpaired) electrons. The van der Waals surface area contributed by atoms with Gasteiger partial charge < -0.3 is 19.7 Å². The highest BCUT2D eigenvalue weighted by Crippen LogP contribution is 2.27. The first-order valence-electron chi connectivity index (χ1n) is 12.2. The topological polar surface area (TPSA) is 84.9 Å². The van der Waals surface area contributed by atoms with Crippen LogP contribution in [0.4, 0.5) is 11.4 Å². The fraction of sp³-hybridized carbons (Fsp3) is 0.276. The van der Waals surface area contributed by atoms with Gasteiger partial charge >= 0.3 is 5.97 Å².